The predicted molar refractivity (Wildman–Crippen MR) is 53.5 cm³/mol. The van der Waals surface area contributed by atoms with Crippen LogP contribution in [0.1, 0.15) is 27.2 Å². The van der Waals surface area contributed by atoms with Gasteiger partial charge in [-0.25, -0.2) is 0 Å². The molecule has 1 atom stereocenters. The fourth-order valence-electron chi connectivity index (χ4n) is 1.74. The number of likely N-dealkylation sites (N-methyl/N-ethyl adjacent to an activating group) is 1. The third kappa shape index (κ3) is 2.69. The van der Waals surface area contributed by atoms with Gasteiger partial charge in [0, 0.05) is 13.1 Å². The van der Waals surface area contributed by atoms with Crippen LogP contribution in [0.15, 0.2) is 0 Å². The van der Waals surface area contributed by atoms with Crippen LogP contribution in [0, 0.1) is 5.41 Å². The van der Waals surface area contributed by atoms with Gasteiger partial charge in [0.25, 0.3) is 0 Å². The van der Waals surface area contributed by atoms with Crippen molar-refractivity contribution < 1.29 is 4.79 Å². The molecule has 1 N–H and O–H groups in total. The third-order valence-electron chi connectivity index (χ3n) is 2.31. The lowest BCUT2D eigenvalue weighted by molar-refractivity contribution is -0.130. The smallest absolute Gasteiger partial charge is 0.239 e. The first-order chi connectivity index (χ1) is 5.94. The van der Waals surface area contributed by atoms with Crippen LogP contribution < -0.4 is 5.32 Å². The van der Waals surface area contributed by atoms with E-state index >= 15 is 0 Å². The molecule has 0 aromatic heterocycles. The summed E-state index contributed by atoms with van der Waals surface area (Å²) in [5, 5.41) is 3.04. The van der Waals surface area contributed by atoms with Crippen LogP contribution in [0.3, 0.4) is 0 Å². The van der Waals surface area contributed by atoms with Gasteiger partial charge >= 0.3 is 0 Å². The van der Waals surface area contributed by atoms with Gasteiger partial charge in [0.1, 0.15) is 0 Å². The van der Waals surface area contributed by atoms with Crippen molar-refractivity contribution in [3.05, 3.63) is 0 Å². The fourth-order valence-corrected chi connectivity index (χ4v) is 1.74. The standard InChI is InChI=1S/C10H20N2O/c1-10(2,3)7-12-6-5-8(11-4)9(12)13/h8,11H,5-7H2,1-4H3. The van der Waals surface area contributed by atoms with E-state index in [4.69, 9.17) is 0 Å². The predicted octanol–water partition coefficient (Wildman–Crippen LogP) is 0.853. The number of nitrogens with zero attached hydrogens (tertiary/aromatic N) is 1. The Morgan fingerprint density at radius 2 is 2.15 bits per heavy atom. The highest BCUT2D eigenvalue weighted by molar-refractivity contribution is 5.83. The Bertz CT molecular complexity index is 196. The average molecular weight is 184 g/mol. The number of hydrogen-bond donors (Lipinski definition) is 1. The number of amides is 1. The van der Waals surface area contributed by atoms with E-state index < -0.39 is 0 Å². The number of likely N-dealkylation sites (tertiary alicyclic amines) is 1. The average Bonchev–Trinajstić information content (AvgIpc) is 2.30. The zero-order chi connectivity index (χ0) is 10.1. The number of hydrogen-bond acceptors (Lipinski definition) is 2. The van der Waals surface area contributed by atoms with Crippen molar-refractivity contribution >= 4 is 5.91 Å². The molecule has 1 unspecified atom stereocenters. The summed E-state index contributed by atoms with van der Waals surface area (Å²) in [6.07, 6.45) is 0.950. The highest BCUT2D eigenvalue weighted by atomic mass is 16.2. The summed E-state index contributed by atoms with van der Waals surface area (Å²) in [5.74, 6) is 0.262. The van der Waals surface area contributed by atoms with E-state index in [0.29, 0.717) is 0 Å². The maximum atomic E-state index is 11.7. The second-order valence-electron chi connectivity index (χ2n) is 4.95. The lowest BCUT2D eigenvalue weighted by atomic mass is 9.96. The minimum Gasteiger partial charge on any atom is -0.341 e. The molecule has 1 aliphatic heterocycles. The van der Waals surface area contributed by atoms with Gasteiger partial charge in [-0.3, -0.25) is 4.79 Å². The van der Waals surface area contributed by atoms with Crippen molar-refractivity contribution in [1.29, 1.82) is 0 Å². The number of carbonyl (C=O) groups is 1. The van der Waals surface area contributed by atoms with Crippen LogP contribution in [0.4, 0.5) is 0 Å². The van der Waals surface area contributed by atoms with Crippen molar-refractivity contribution in [2.45, 2.75) is 33.2 Å². The summed E-state index contributed by atoms with van der Waals surface area (Å²) in [4.78, 5) is 13.6. The Balaban J connectivity index is 2.51. The van der Waals surface area contributed by atoms with Crippen LogP contribution in [-0.4, -0.2) is 37.0 Å². The summed E-state index contributed by atoms with van der Waals surface area (Å²) in [6.45, 7) is 8.25. The van der Waals surface area contributed by atoms with Gasteiger partial charge in [0.05, 0.1) is 6.04 Å². The lowest BCUT2D eigenvalue weighted by Gasteiger charge is -2.26. The van der Waals surface area contributed by atoms with Gasteiger partial charge in [-0.2, -0.15) is 0 Å². The van der Waals surface area contributed by atoms with E-state index in [1.807, 2.05) is 11.9 Å². The highest BCUT2D eigenvalue weighted by Crippen LogP contribution is 2.19. The summed E-state index contributed by atoms with van der Waals surface area (Å²) in [5.41, 5.74) is 0.207. The zero-order valence-corrected chi connectivity index (χ0v) is 9.05. The summed E-state index contributed by atoms with van der Waals surface area (Å²) >= 11 is 0. The molecule has 0 saturated carbocycles. The topological polar surface area (TPSA) is 32.3 Å². The second kappa shape index (κ2) is 3.66. The number of rotatable bonds is 2. The van der Waals surface area contributed by atoms with E-state index in [2.05, 4.69) is 26.1 Å². The van der Waals surface area contributed by atoms with E-state index in [9.17, 15) is 4.79 Å². The molecular weight excluding hydrogens is 164 g/mol. The molecule has 0 bridgehead atoms. The molecule has 0 aliphatic carbocycles. The van der Waals surface area contributed by atoms with E-state index in [1.165, 1.54) is 0 Å². The van der Waals surface area contributed by atoms with E-state index in [-0.39, 0.29) is 17.4 Å². The Labute approximate surface area is 80.5 Å². The zero-order valence-electron chi connectivity index (χ0n) is 9.05. The molecule has 3 nitrogen and oxygen atoms in total. The monoisotopic (exact) mass is 184 g/mol. The molecule has 0 spiro atoms. The first kappa shape index (κ1) is 10.5. The third-order valence-corrected chi connectivity index (χ3v) is 2.31. The molecule has 1 fully saturated rings. The van der Waals surface area contributed by atoms with Gasteiger partial charge in [0.15, 0.2) is 0 Å². The number of nitrogens with one attached hydrogen (secondary N) is 1. The molecule has 1 rings (SSSR count). The van der Waals surface area contributed by atoms with Gasteiger partial charge in [-0.1, -0.05) is 20.8 Å². The van der Waals surface area contributed by atoms with Crippen LogP contribution in [0.25, 0.3) is 0 Å². The van der Waals surface area contributed by atoms with Crippen LogP contribution in [-0.2, 0) is 4.79 Å². The summed E-state index contributed by atoms with van der Waals surface area (Å²) in [6, 6.07) is 0.0577. The maximum absolute atomic E-state index is 11.7. The quantitative estimate of drug-likeness (QED) is 0.690. The summed E-state index contributed by atoms with van der Waals surface area (Å²) in [7, 11) is 1.85. The maximum Gasteiger partial charge on any atom is 0.239 e. The Morgan fingerprint density at radius 3 is 2.54 bits per heavy atom. The lowest BCUT2D eigenvalue weighted by Crippen LogP contribution is -2.39. The molecule has 76 valence electrons. The molecule has 3 heteroatoms. The first-order valence-corrected chi connectivity index (χ1v) is 4.90. The Morgan fingerprint density at radius 1 is 1.54 bits per heavy atom. The van der Waals surface area contributed by atoms with Crippen molar-refractivity contribution in [3.63, 3.8) is 0 Å². The molecule has 0 radical (unpaired) electrons. The molecule has 1 heterocycles. The van der Waals surface area contributed by atoms with Crippen molar-refractivity contribution in [2.24, 2.45) is 5.41 Å². The van der Waals surface area contributed by atoms with Gasteiger partial charge in [-0.15, -0.1) is 0 Å². The van der Waals surface area contributed by atoms with Crippen molar-refractivity contribution in [2.75, 3.05) is 20.1 Å². The Hall–Kier alpha value is -0.570. The molecule has 0 aromatic rings. The largest absolute Gasteiger partial charge is 0.341 e. The van der Waals surface area contributed by atoms with Crippen LogP contribution >= 0.6 is 0 Å². The molecular formula is C10H20N2O. The number of carbonyl (C=O) groups excluding carboxylic acids is 1. The van der Waals surface area contributed by atoms with Gasteiger partial charge in [-0.05, 0) is 18.9 Å². The molecule has 13 heavy (non-hydrogen) atoms. The van der Waals surface area contributed by atoms with Crippen LogP contribution in [0.5, 0.6) is 0 Å². The van der Waals surface area contributed by atoms with Gasteiger partial charge < -0.3 is 10.2 Å². The van der Waals surface area contributed by atoms with E-state index in [1.54, 1.807) is 0 Å². The van der Waals surface area contributed by atoms with Crippen LogP contribution in [0.2, 0.25) is 0 Å². The minimum atomic E-state index is 0.0577. The molecule has 1 aliphatic rings. The van der Waals surface area contributed by atoms with Crippen molar-refractivity contribution in [1.82, 2.24) is 10.2 Å². The van der Waals surface area contributed by atoms with Gasteiger partial charge in [0.2, 0.25) is 5.91 Å². The normalized spacial score (nSPS) is 24.2. The second-order valence-corrected chi connectivity index (χ2v) is 4.95. The fraction of sp³-hybridized carbons (Fsp3) is 0.900. The first-order valence-electron chi connectivity index (χ1n) is 4.90. The minimum absolute atomic E-state index is 0.0577. The molecule has 0 aromatic carbocycles. The SMILES string of the molecule is CNC1CCN(CC(C)(C)C)C1=O. The van der Waals surface area contributed by atoms with Crippen molar-refractivity contribution in [3.8, 4) is 0 Å². The highest BCUT2D eigenvalue weighted by Gasteiger charge is 2.32. The molecule has 1 amide bonds. The van der Waals surface area contributed by atoms with E-state index in [0.717, 1.165) is 19.5 Å². The Kier molecular flexibility index (Phi) is 2.96. The molecule has 1 saturated heterocycles. The summed E-state index contributed by atoms with van der Waals surface area (Å²) < 4.78 is 0.